The van der Waals surface area contributed by atoms with Crippen molar-refractivity contribution in [3.05, 3.63) is 59.2 Å². The summed E-state index contributed by atoms with van der Waals surface area (Å²) in [6, 6.07) is 7.65. The van der Waals surface area contributed by atoms with Gasteiger partial charge in [0, 0.05) is 32.2 Å². The maximum Gasteiger partial charge on any atom is 0.340 e. The van der Waals surface area contributed by atoms with Crippen molar-refractivity contribution >= 4 is 22.9 Å². The number of fused-ring (bicyclic) bond motifs is 1. The van der Waals surface area contributed by atoms with Gasteiger partial charge in [0.15, 0.2) is 11.8 Å². The van der Waals surface area contributed by atoms with Crippen LogP contribution in [0.5, 0.6) is 0 Å². The number of nitrogens with zero attached hydrogens (tertiary/aromatic N) is 4. The van der Waals surface area contributed by atoms with Gasteiger partial charge < -0.3 is 9.64 Å². The molecule has 0 saturated carbocycles. The molecular weight excluding hydrogens is 363 g/mol. The van der Waals surface area contributed by atoms with Crippen molar-refractivity contribution in [3.8, 4) is 0 Å². The Morgan fingerprint density at radius 2 is 2.07 bits per heavy atom. The molecule has 2 heterocycles. The van der Waals surface area contributed by atoms with Crippen LogP contribution in [0.3, 0.4) is 0 Å². The van der Waals surface area contributed by atoms with E-state index in [4.69, 9.17) is 4.74 Å². The minimum Gasteiger partial charge on any atom is -0.449 e. The van der Waals surface area contributed by atoms with Gasteiger partial charge in [-0.15, -0.1) is 0 Å². The molecule has 0 N–H and O–H groups in total. The first-order valence-electron chi connectivity index (χ1n) is 8.76. The van der Waals surface area contributed by atoms with Crippen molar-refractivity contribution < 1.29 is 18.7 Å². The predicted octanol–water partition coefficient (Wildman–Crippen LogP) is 2.62. The highest BCUT2D eigenvalue weighted by atomic mass is 19.1. The smallest absolute Gasteiger partial charge is 0.340 e. The largest absolute Gasteiger partial charge is 0.449 e. The summed E-state index contributed by atoms with van der Waals surface area (Å²) < 4.78 is 20.2. The number of carbonyl (C=O) groups is 2. The first kappa shape index (κ1) is 19.5. The summed E-state index contributed by atoms with van der Waals surface area (Å²) in [5.41, 5.74) is 2.30. The van der Waals surface area contributed by atoms with Gasteiger partial charge >= 0.3 is 5.97 Å². The fourth-order valence-corrected chi connectivity index (χ4v) is 3.00. The molecule has 3 aromatic rings. The number of likely N-dealkylation sites (N-methyl/N-ethyl adjacent to an activating group) is 1. The Bertz CT molecular complexity index is 1050. The first-order chi connectivity index (χ1) is 13.3. The summed E-state index contributed by atoms with van der Waals surface area (Å²) >= 11 is 0. The molecule has 0 bridgehead atoms. The van der Waals surface area contributed by atoms with Gasteiger partial charge in [0.2, 0.25) is 0 Å². The standard InChI is InChI=1S/C20H21FN4O3/c1-12-17-9-15(10-22-18(17)25(4)23-12)20(27)28-13(2)19(26)24(3)11-14-6-5-7-16(21)8-14/h5-10,13H,11H2,1-4H3/t13-/m1/s1. The molecule has 0 aliphatic rings. The number of rotatable bonds is 5. The summed E-state index contributed by atoms with van der Waals surface area (Å²) in [6.45, 7) is 3.54. The van der Waals surface area contributed by atoms with Crippen LogP contribution in [0.4, 0.5) is 4.39 Å². The van der Waals surface area contributed by atoms with Gasteiger partial charge in [-0.3, -0.25) is 9.48 Å². The van der Waals surface area contributed by atoms with Crippen molar-refractivity contribution in [2.24, 2.45) is 7.05 Å². The van der Waals surface area contributed by atoms with E-state index in [0.29, 0.717) is 11.2 Å². The molecular formula is C20H21FN4O3. The van der Waals surface area contributed by atoms with Gasteiger partial charge in [-0.1, -0.05) is 12.1 Å². The van der Waals surface area contributed by atoms with E-state index >= 15 is 0 Å². The maximum absolute atomic E-state index is 13.3. The minimum atomic E-state index is -0.989. The monoisotopic (exact) mass is 384 g/mol. The van der Waals surface area contributed by atoms with E-state index in [9.17, 15) is 14.0 Å². The molecule has 1 atom stereocenters. The third-order valence-electron chi connectivity index (χ3n) is 4.42. The van der Waals surface area contributed by atoms with E-state index in [2.05, 4.69) is 10.1 Å². The highest BCUT2D eigenvalue weighted by Crippen LogP contribution is 2.17. The fraction of sp³-hybridized carbons (Fsp3) is 0.300. The Morgan fingerprint density at radius 3 is 2.79 bits per heavy atom. The number of amides is 1. The van der Waals surface area contributed by atoms with Crippen molar-refractivity contribution in [1.29, 1.82) is 0 Å². The van der Waals surface area contributed by atoms with Crippen molar-refractivity contribution in [1.82, 2.24) is 19.7 Å². The molecule has 0 saturated heterocycles. The lowest BCUT2D eigenvalue weighted by Crippen LogP contribution is -2.37. The molecule has 0 aliphatic carbocycles. The third kappa shape index (κ3) is 4.00. The number of aromatic nitrogens is 3. The summed E-state index contributed by atoms with van der Waals surface area (Å²) in [7, 11) is 3.35. The van der Waals surface area contributed by atoms with E-state index in [1.165, 1.54) is 30.2 Å². The fourth-order valence-electron chi connectivity index (χ4n) is 3.00. The number of benzene rings is 1. The van der Waals surface area contributed by atoms with Crippen molar-refractivity contribution in [2.45, 2.75) is 26.5 Å². The second-order valence-electron chi connectivity index (χ2n) is 6.68. The van der Waals surface area contributed by atoms with E-state index in [1.807, 2.05) is 6.92 Å². The average molecular weight is 384 g/mol. The number of hydrogen-bond acceptors (Lipinski definition) is 5. The second-order valence-corrected chi connectivity index (χ2v) is 6.68. The lowest BCUT2D eigenvalue weighted by molar-refractivity contribution is -0.139. The molecule has 28 heavy (non-hydrogen) atoms. The molecule has 146 valence electrons. The Hall–Kier alpha value is -3.29. The molecule has 1 amide bonds. The number of aryl methyl sites for hydroxylation is 2. The normalized spacial score (nSPS) is 12.0. The highest BCUT2D eigenvalue weighted by Gasteiger charge is 2.23. The first-order valence-corrected chi connectivity index (χ1v) is 8.76. The molecule has 2 aromatic heterocycles. The predicted molar refractivity (Wildman–Crippen MR) is 101 cm³/mol. The topological polar surface area (TPSA) is 77.3 Å². The highest BCUT2D eigenvalue weighted by molar-refractivity contribution is 5.95. The summed E-state index contributed by atoms with van der Waals surface area (Å²) in [4.78, 5) is 30.6. The van der Waals surface area contributed by atoms with Crippen LogP contribution in [0.2, 0.25) is 0 Å². The van der Waals surface area contributed by atoms with Gasteiger partial charge in [0.25, 0.3) is 5.91 Å². The second kappa shape index (κ2) is 7.75. The number of esters is 1. The molecule has 0 spiro atoms. The Labute approximate surface area is 161 Å². The summed E-state index contributed by atoms with van der Waals surface area (Å²) in [5.74, 6) is -1.40. The zero-order chi connectivity index (χ0) is 20.4. The van der Waals surface area contributed by atoms with E-state index in [1.54, 1.807) is 37.0 Å². The third-order valence-corrected chi connectivity index (χ3v) is 4.42. The zero-order valence-electron chi connectivity index (χ0n) is 16.1. The molecule has 7 nitrogen and oxygen atoms in total. The molecule has 0 aliphatic heterocycles. The van der Waals surface area contributed by atoms with E-state index < -0.39 is 12.1 Å². The van der Waals surface area contributed by atoms with Crippen LogP contribution in [0, 0.1) is 12.7 Å². The molecule has 1 aromatic carbocycles. The molecule has 8 heteroatoms. The molecule has 0 radical (unpaired) electrons. The van der Waals surface area contributed by atoms with Crippen LogP contribution in [0.25, 0.3) is 11.0 Å². The number of pyridine rings is 1. The number of halogens is 1. The summed E-state index contributed by atoms with van der Waals surface area (Å²) in [5, 5.41) is 5.01. The Balaban J connectivity index is 1.67. The lowest BCUT2D eigenvalue weighted by Gasteiger charge is -2.21. The van der Waals surface area contributed by atoms with Crippen LogP contribution < -0.4 is 0 Å². The number of ether oxygens (including phenoxy) is 1. The van der Waals surface area contributed by atoms with Gasteiger partial charge in [-0.2, -0.15) is 5.10 Å². The average Bonchev–Trinajstić information content (AvgIpc) is 2.94. The van der Waals surface area contributed by atoms with Crippen LogP contribution in [-0.4, -0.2) is 44.7 Å². The van der Waals surface area contributed by atoms with Crippen molar-refractivity contribution in [3.63, 3.8) is 0 Å². The Kier molecular flexibility index (Phi) is 5.39. The van der Waals surface area contributed by atoms with Crippen LogP contribution in [0.1, 0.15) is 28.5 Å². The van der Waals surface area contributed by atoms with Crippen LogP contribution in [-0.2, 0) is 23.1 Å². The molecule has 3 rings (SSSR count). The van der Waals surface area contributed by atoms with Gasteiger partial charge in [-0.05, 0) is 37.6 Å². The lowest BCUT2D eigenvalue weighted by atomic mass is 10.2. The maximum atomic E-state index is 13.3. The van der Waals surface area contributed by atoms with Gasteiger partial charge in [0.1, 0.15) is 5.82 Å². The Morgan fingerprint density at radius 1 is 1.32 bits per heavy atom. The minimum absolute atomic E-state index is 0.209. The number of carbonyl (C=O) groups excluding carboxylic acids is 2. The van der Waals surface area contributed by atoms with Crippen molar-refractivity contribution in [2.75, 3.05) is 7.05 Å². The zero-order valence-corrected chi connectivity index (χ0v) is 16.1. The summed E-state index contributed by atoms with van der Waals surface area (Å²) in [6.07, 6.45) is 0.413. The number of hydrogen-bond donors (Lipinski definition) is 0. The molecule has 0 unspecified atom stereocenters. The molecule has 0 fully saturated rings. The van der Waals surface area contributed by atoms with E-state index in [-0.39, 0.29) is 23.8 Å². The SMILES string of the molecule is Cc1nn(C)c2ncc(C(=O)O[C@H](C)C(=O)N(C)Cc3cccc(F)c3)cc12. The van der Waals surface area contributed by atoms with E-state index in [0.717, 1.165) is 11.1 Å². The van der Waals surface area contributed by atoms with Crippen LogP contribution in [0.15, 0.2) is 36.5 Å². The van der Waals surface area contributed by atoms with Gasteiger partial charge in [-0.25, -0.2) is 14.2 Å². The van der Waals surface area contributed by atoms with Crippen LogP contribution >= 0.6 is 0 Å². The quantitative estimate of drug-likeness (QED) is 0.632. The van der Waals surface area contributed by atoms with Gasteiger partial charge in [0.05, 0.1) is 11.3 Å².